The number of likely N-dealkylation sites (tertiary alicyclic amines) is 1. The zero-order valence-corrected chi connectivity index (χ0v) is 23.6. The number of fused-ring (bicyclic) bond motifs is 1. The van der Waals surface area contributed by atoms with Crippen molar-refractivity contribution in [3.05, 3.63) is 42.7 Å². The second-order valence-electron chi connectivity index (χ2n) is 12.0. The number of carbonyl (C=O) groups excluding carboxylic acids is 1. The number of piperidine rings is 1. The molecule has 4 rings (SSSR count). The van der Waals surface area contributed by atoms with Crippen molar-refractivity contribution in [2.24, 2.45) is 10.8 Å². The molecule has 10 heteroatoms. The molecule has 9 nitrogen and oxygen atoms in total. The smallest absolute Gasteiger partial charge is 0.244 e. The van der Waals surface area contributed by atoms with E-state index >= 15 is 0 Å². The molecule has 0 bridgehead atoms. The van der Waals surface area contributed by atoms with Crippen molar-refractivity contribution in [2.45, 2.75) is 51.0 Å². The number of β-amino-alcohol motifs (C(OH)–C–C–N with tert-alkyl or cyclic N) is 1. The van der Waals surface area contributed by atoms with Crippen LogP contribution in [0.15, 0.2) is 47.6 Å². The fourth-order valence-electron chi connectivity index (χ4n) is 5.28. The van der Waals surface area contributed by atoms with E-state index in [1.54, 1.807) is 30.6 Å². The Balaban J connectivity index is 1.64. The summed E-state index contributed by atoms with van der Waals surface area (Å²) >= 11 is 0. The Kier molecular flexibility index (Phi) is 8.46. The lowest BCUT2D eigenvalue weighted by atomic mass is 9.78. The molecule has 1 spiro atoms. The number of sulfonamides is 1. The van der Waals surface area contributed by atoms with Gasteiger partial charge in [-0.3, -0.25) is 9.78 Å². The summed E-state index contributed by atoms with van der Waals surface area (Å²) in [5, 5.41) is 10.6. The van der Waals surface area contributed by atoms with Crippen LogP contribution in [0, 0.1) is 10.8 Å². The first-order chi connectivity index (χ1) is 17.9. The van der Waals surface area contributed by atoms with Gasteiger partial charge in [-0.1, -0.05) is 32.9 Å². The van der Waals surface area contributed by atoms with Crippen molar-refractivity contribution in [1.29, 1.82) is 0 Å². The highest BCUT2D eigenvalue weighted by atomic mass is 32.2. The van der Waals surface area contributed by atoms with Gasteiger partial charge in [0.05, 0.1) is 12.7 Å². The summed E-state index contributed by atoms with van der Waals surface area (Å²) in [4.78, 5) is 21.1. The van der Waals surface area contributed by atoms with Gasteiger partial charge >= 0.3 is 0 Å². The molecular formula is C28H40N4O5S. The maximum absolute atomic E-state index is 13.2. The van der Waals surface area contributed by atoms with Gasteiger partial charge in [-0.05, 0) is 49.1 Å². The minimum Gasteiger partial charge on any atom is -0.492 e. The molecule has 1 saturated heterocycles. The van der Waals surface area contributed by atoms with Crippen LogP contribution in [0.3, 0.4) is 0 Å². The Morgan fingerprint density at radius 3 is 2.61 bits per heavy atom. The number of aliphatic hydroxyl groups is 1. The molecule has 2 aliphatic rings. The molecule has 1 aromatic heterocycles. The van der Waals surface area contributed by atoms with Crippen LogP contribution in [-0.2, 0) is 14.8 Å². The predicted octanol–water partition coefficient (Wildman–Crippen LogP) is 2.76. The predicted molar refractivity (Wildman–Crippen MR) is 146 cm³/mol. The Morgan fingerprint density at radius 2 is 1.95 bits per heavy atom. The number of nitrogens with one attached hydrogen (secondary N) is 1. The van der Waals surface area contributed by atoms with Crippen LogP contribution >= 0.6 is 0 Å². The monoisotopic (exact) mass is 544 g/mol. The Morgan fingerprint density at radius 1 is 1.21 bits per heavy atom. The molecule has 1 amide bonds. The normalized spacial score (nSPS) is 22.6. The van der Waals surface area contributed by atoms with Crippen LogP contribution in [-0.4, -0.2) is 86.7 Å². The van der Waals surface area contributed by atoms with Gasteiger partial charge in [-0.25, -0.2) is 13.1 Å². The summed E-state index contributed by atoms with van der Waals surface area (Å²) in [6.45, 7) is 8.63. The van der Waals surface area contributed by atoms with Gasteiger partial charge in [0.25, 0.3) is 0 Å². The highest BCUT2D eigenvalue weighted by Gasteiger charge is 2.39. The number of hydrogen-bond donors (Lipinski definition) is 2. The van der Waals surface area contributed by atoms with Gasteiger partial charge in [0.1, 0.15) is 10.6 Å². The van der Waals surface area contributed by atoms with E-state index in [1.807, 2.05) is 29.0 Å². The third-order valence-corrected chi connectivity index (χ3v) is 8.72. The van der Waals surface area contributed by atoms with E-state index in [1.165, 1.54) is 0 Å². The van der Waals surface area contributed by atoms with Gasteiger partial charge in [-0.2, -0.15) is 0 Å². The quantitative estimate of drug-likeness (QED) is 0.598. The third-order valence-electron chi connectivity index (χ3n) is 7.26. The van der Waals surface area contributed by atoms with Crippen molar-refractivity contribution in [3.63, 3.8) is 0 Å². The minimum atomic E-state index is -3.92. The van der Waals surface area contributed by atoms with E-state index in [-0.39, 0.29) is 33.9 Å². The Labute approximate surface area is 226 Å². The molecule has 1 fully saturated rings. The SMILES string of the molecule is CN1CC(O)CNS(=O)(=O)c2ccc(-c3cccnc3)cc2OCC2(CCN(C(=O)CC(C)(C)C)CC2)C1. The van der Waals surface area contributed by atoms with Crippen LogP contribution in [0.5, 0.6) is 5.75 Å². The largest absolute Gasteiger partial charge is 0.492 e. The number of pyridine rings is 1. The van der Waals surface area contributed by atoms with Crippen LogP contribution < -0.4 is 9.46 Å². The van der Waals surface area contributed by atoms with E-state index < -0.39 is 16.1 Å². The summed E-state index contributed by atoms with van der Waals surface area (Å²) in [6, 6.07) is 8.77. The number of amides is 1. The van der Waals surface area contributed by atoms with E-state index in [9.17, 15) is 18.3 Å². The zero-order chi connectivity index (χ0) is 27.6. The van der Waals surface area contributed by atoms with Crippen LogP contribution in [0.4, 0.5) is 0 Å². The Bertz CT molecular complexity index is 1220. The first-order valence-corrected chi connectivity index (χ1v) is 14.7. The van der Waals surface area contributed by atoms with Crippen molar-refractivity contribution in [3.8, 4) is 16.9 Å². The topological polar surface area (TPSA) is 112 Å². The maximum Gasteiger partial charge on any atom is 0.244 e. The molecular weight excluding hydrogens is 504 g/mol. The second-order valence-corrected chi connectivity index (χ2v) is 13.7. The summed E-state index contributed by atoms with van der Waals surface area (Å²) in [7, 11) is -1.99. The van der Waals surface area contributed by atoms with E-state index in [0.717, 1.165) is 24.0 Å². The number of carbonyl (C=O) groups is 1. The zero-order valence-electron chi connectivity index (χ0n) is 22.8. The molecule has 1 atom stereocenters. The lowest BCUT2D eigenvalue weighted by Gasteiger charge is -2.44. The lowest BCUT2D eigenvalue weighted by molar-refractivity contribution is -0.136. The first-order valence-electron chi connectivity index (χ1n) is 13.2. The van der Waals surface area contributed by atoms with Crippen molar-refractivity contribution in [2.75, 3.05) is 46.4 Å². The van der Waals surface area contributed by atoms with E-state index in [4.69, 9.17) is 4.74 Å². The average Bonchev–Trinajstić information content (AvgIpc) is 2.85. The fourth-order valence-corrected chi connectivity index (χ4v) is 6.47. The molecule has 3 heterocycles. The van der Waals surface area contributed by atoms with Crippen molar-refractivity contribution < 1.29 is 23.1 Å². The highest BCUT2D eigenvalue weighted by Crippen LogP contribution is 2.37. The molecule has 0 saturated carbocycles. The summed E-state index contributed by atoms with van der Waals surface area (Å²) < 4.78 is 35.3. The lowest BCUT2D eigenvalue weighted by Crippen LogP contribution is -2.51. The molecule has 0 aliphatic carbocycles. The second kappa shape index (κ2) is 11.3. The average molecular weight is 545 g/mol. The molecule has 0 radical (unpaired) electrons. The van der Waals surface area contributed by atoms with Crippen molar-refractivity contribution in [1.82, 2.24) is 19.5 Å². The van der Waals surface area contributed by atoms with E-state index in [2.05, 4.69) is 30.5 Å². The molecule has 1 aromatic carbocycles. The Hall–Kier alpha value is -2.53. The number of rotatable bonds is 2. The van der Waals surface area contributed by atoms with Gasteiger partial charge < -0.3 is 19.6 Å². The van der Waals surface area contributed by atoms with Crippen LogP contribution in [0.2, 0.25) is 0 Å². The molecule has 208 valence electrons. The molecule has 1 unspecified atom stereocenters. The number of benzene rings is 1. The number of nitrogens with zero attached hydrogens (tertiary/aromatic N) is 3. The summed E-state index contributed by atoms with van der Waals surface area (Å²) in [6.07, 6.45) is 4.50. The molecule has 2 aromatic rings. The summed E-state index contributed by atoms with van der Waals surface area (Å²) in [5.41, 5.74) is 1.28. The number of aromatic nitrogens is 1. The van der Waals surface area contributed by atoms with Crippen molar-refractivity contribution >= 4 is 15.9 Å². The number of likely N-dealkylation sites (N-methyl/N-ethyl adjacent to an activating group) is 1. The first kappa shape index (κ1) is 28.5. The van der Waals surface area contributed by atoms with Gasteiger partial charge in [0.2, 0.25) is 15.9 Å². The third kappa shape index (κ3) is 7.11. The number of ether oxygens (including phenoxy) is 1. The van der Waals surface area contributed by atoms with E-state index in [0.29, 0.717) is 39.2 Å². The highest BCUT2D eigenvalue weighted by molar-refractivity contribution is 7.89. The molecule has 2 aliphatic heterocycles. The fraction of sp³-hybridized carbons (Fsp3) is 0.571. The molecule has 38 heavy (non-hydrogen) atoms. The van der Waals surface area contributed by atoms with Gasteiger partial charge in [0.15, 0.2) is 0 Å². The number of aliphatic hydroxyl groups excluding tert-OH is 1. The standard InChI is InChI=1S/C28H40N4O5S/c1-27(2,3)15-26(34)32-12-9-28(10-13-32)19-31(4)18-23(33)17-30-38(35,36)25-8-7-21(14-24(25)37-20-28)22-6-5-11-29-16-22/h5-8,11,14,16,23,30,33H,9-10,12-13,15,17-20H2,1-4H3. The minimum absolute atomic E-state index is 0.0409. The van der Waals surface area contributed by atoms with Crippen LogP contribution in [0.1, 0.15) is 40.0 Å². The molecule has 2 N–H and O–H groups in total. The summed E-state index contributed by atoms with van der Waals surface area (Å²) in [5.74, 6) is 0.427. The van der Waals surface area contributed by atoms with Gasteiger partial charge in [0, 0.05) is 62.5 Å². The van der Waals surface area contributed by atoms with Crippen LogP contribution in [0.25, 0.3) is 11.1 Å². The number of hydrogen-bond acceptors (Lipinski definition) is 7. The van der Waals surface area contributed by atoms with Gasteiger partial charge in [-0.15, -0.1) is 0 Å². The maximum atomic E-state index is 13.2.